The number of likely N-dealkylation sites (N-methyl/N-ethyl adjacent to an activating group) is 1. The summed E-state index contributed by atoms with van der Waals surface area (Å²) < 4.78 is 12.8. The lowest BCUT2D eigenvalue weighted by Crippen LogP contribution is -2.51. The minimum atomic E-state index is -0.234. The van der Waals surface area contributed by atoms with Gasteiger partial charge in [-0.15, -0.1) is 0 Å². The van der Waals surface area contributed by atoms with Crippen molar-refractivity contribution >= 4 is 0 Å². The molecule has 1 atom stereocenters. The van der Waals surface area contributed by atoms with Crippen molar-refractivity contribution in [3.8, 4) is 0 Å². The number of nitrogens with zero attached hydrogens (tertiary/aromatic N) is 1. The van der Waals surface area contributed by atoms with E-state index in [0.717, 1.165) is 5.56 Å². The molecule has 1 unspecified atom stereocenters. The molecule has 90 valence electrons. The lowest BCUT2D eigenvalue weighted by molar-refractivity contribution is 0.138. The normalized spacial score (nSPS) is 14.2. The molecule has 0 radical (unpaired) electrons. The van der Waals surface area contributed by atoms with Gasteiger partial charge in [-0.3, -0.25) is 11.3 Å². The number of hydrogen-bond acceptors (Lipinski definition) is 3. The van der Waals surface area contributed by atoms with Crippen molar-refractivity contribution in [2.75, 3.05) is 14.1 Å². The molecule has 3 N–H and O–H groups in total. The van der Waals surface area contributed by atoms with Gasteiger partial charge in [-0.05, 0) is 45.6 Å². The topological polar surface area (TPSA) is 41.3 Å². The van der Waals surface area contributed by atoms with Gasteiger partial charge in [0.15, 0.2) is 0 Å². The van der Waals surface area contributed by atoms with Crippen LogP contribution >= 0.6 is 0 Å². The van der Waals surface area contributed by atoms with Gasteiger partial charge in [-0.1, -0.05) is 12.1 Å². The zero-order valence-corrected chi connectivity index (χ0v) is 10.3. The number of halogens is 1. The second-order valence-electron chi connectivity index (χ2n) is 4.70. The van der Waals surface area contributed by atoms with Gasteiger partial charge in [-0.2, -0.15) is 0 Å². The average Bonchev–Trinajstić information content (AvgIpc) is 2.21. The summed E-state index contributed by atoms with van der Waals surface area (Å²) in [5.74, 6) is 5.36. The van der Waals surface area contributed by atoms with Crippen LogP contribution in [0.25, 0.3) is 0 Å². The number of hydrazine groups is 1. The van der Waals surface area contributed by atoms with Gasteiger partial charge in [0, 0.05) is 5.54 Å². The Hall–Kier alpha value is -0.970. The lowest BCUT2D eigenvalue weighted by Gasteiger charge is -2.40. The molecule has 1 rings (SSSR count). The van der Waals surface area contributed by atoms with E-state index >= 15 is 0 Å². The maximum atomic E-state index is 12.8. The highest BCUT2D eigenvalue weighted by atomic mass is 19.1. The molecule has 3 nitrogen and oxygen atoms in total. The largest absolute Gasteiger partial charge is 0.302 e. The molecule has 1 aromatic rings. The number of nitrogens with two attached hydrogens (primary N) is 1. The van der Waals surface area contributed by atoms with Crippen molar-refractivity contribution in [2.24, 2.45) is 5.84 Å². The van der Waals surface area contributed by atoms with Gasteiger partial charge in [0.05, 0.1) is 6.04 Å². The summed E-state index contributed by atoms with van der Waals surface area (Å²) in [5.41, 5.74) is 3.61. The summed E-state index contributed by atoms with van der Waals surface area (Å²) in [7, 11) is 3.99. The molecular formula is C12H20FN3. The van der Waals surface area contributed by atoms with Crippen LogP contribution in [0.3, 0.4) is 0 Å². The fraction of sp³-hybridized carbons (Fsp3) is 0.500. The zero-order chi connectivity index (χ0) is 12.3. The van der Waals surface area contributed by atoms with Crippen molar-refractivity contribution in [1.82, 2.24) is 10.3 Å². The highest BCUT2D eigenvalue weighted by Crippen LogP contribution is 2.28. The molecule has 1 aromatic carbocycles. The van der Waals surface area contributed by atoms with Gasteiger partial charge in [0.2, 0.25) is 0 Å². The molecule has 0 bridgehead atoms. The summed E-state index contributed by atoms with van der Waals surface area (Å²) in [6.45, 7) is 4.17. The molecule has 0 aliphatic carbocycles. The molecule has 0 saturated heterocycles. The Bertz CT molecular complexity index is 333. The van der Waals surface area contributed by atoms with Crippen molar-refractivity contribution < 1.29 is 4.39 Å². The Kier molecular flexibility index (Phi) is 4.02. The number of benzene rings is 1. The molecule has 4 heteroatoms. The van der Waals surface area contributed by atoms with Crippen LogP contribution in [0.15, 0.2) is 24.3 Å². The standard InChI is InChI=1S/C12H20FN3/c1-12(2,16(3)4)11(15-14)9-5-7-10(13)8-6-9/h5-8,11,15H,14H2,1-4H3. The third-order valence-corrected chi connectivity index (χ3v) is 3.23. The molecule has 0 heterocycles. The molecule has 0 fully saturated rings. The van der Waals surface area contributed by atoms with Crippen LogP contribution in [0, 0.1) is 5.82 Å². The van der Waals surface area contributed by atoms with Gasteiger partial charge in [0.25, 0.3) is 0 Å². The van der Waals surface area contributed by atoms with E-state index in [1.807, 2.05) is 14.1 Å². The third kappa shape index (κ3) is 2.58. The average molecular weight is 225 g/mol. The van der Waals surface area contributed by atoms with Crippen LogP contribution in [0.1, 0.15) is 25.5 Å². The maximum absolute atomic E-state index is 12.8. The van der Waals surface area contributed by atoms with E-state index < -0.39 is 0 Å². The van der Waals surface area contributed by atoms with E-state index in [4.69, 9.17) is 5.84 Å². The second-order valence-corrected chi connectivity index (χ2v) is 4.70. The number of rotatable bonds is 4. The highest BCUT2D eigenvalue weighted by Gasteiger charge is 2.31. The fourth-order valence-corrected chi connectivity index (χ4v) is 1.62. The summed E-state index contributed by atoms with van der Waals surface area (Å²) in [4.78, 5) is 2.08. The Morgan fingerprint density at radius 1 is 1.25 bits per heavy atom. The number of hydrogen-bond donors (Lipinski definition) is 2. The van der Waals surface area contributed by atoms with Crippen LogP contribution < -0.4 is 11.3 Å². The van der Waals surface area contributed by atoms with E-state index in [0.29, 0.717) is 0 Å². The molecule has 0 aliphatic rings. The Morgan fingerprint density at radius 2 is 1.75 bits per heavy atom. The van der Waals surface area contributed by atoms with Crippen LogP contribution in [-0.4, -0.2) is 24.5 Å². The SMILES string of the molecule is CN(C)C(C)(C)C(NN)c1ccc(F)cc1. The zero-order valence-electron chi connectivity index (χ0n) is 10.3. The Labute approximate surface area is 96.4 Å². The summed E-state index contributed by atoms with van der Waals surface area (Å²) in [5, 5.41) is 0. The predicted molar refractivity (Wildman–Crippen MR) is 64.2 cm³/mol. The van der Waals surface area contributed by atoms with Gasteiger partial charge < -0.3 is 4.90 Å². The first-order valence-corrected chi connectivity index (χ1v) is 5.28. The monoisotopic (exact) mass is 225 g/mol. The predicted octanol–water partition coefficient (Wildman–Crippen LogP) is 1.67. The van der Waals surface area contributed by atoms with Crippen molar-refractivity contribution in [1.29, 1.82) is 0 Å². The molecule has 0 aromatic heterocycles. The smallest absolute Gasteiger partial charge is 0.123 e. The molecule has 0 spiro atoms. The van der Waals surface area contributed by atoms with Crippen molar-refractivity contribution in [3.05, 3.63) is 35.6 Å². The van der Waals surface area contributed by atoms with E-state index in [1.165, 1.54) is 12.1 Å². The molecule has 16 heavy (non-hydrogen) atoms. The van der Waals surface area contributed by atoms with Crippen LogP contribution in [-0.2, 0) is 0 Å². The minimum absolute atomic E-state index is 0.0527. The quantitative estimate of drug-likeness (QED) is 0.605. The first-order valence-electron chi connectivity index (χ1n) is 5.28. The molecular weight excluding hydrogens is 205 g/mol. The first kappa shape index (κ1) is 13.1. The van der Waals surface area contributed by atoms with Crippen LogP contribution in [0.2, 0.25) is 0 Å². The van der Waals surface area contributed by atoms with Gasteiger partial charge >= 0.3 is 0 Å². The van der Waals surface area contributed by atoms with E-state index in [1.54, 1.807) is 12.1 Å². The molecule has 0 saturated carbocycles. The van der Waals surface area contributed by atoms with E-state index in [9.17, 15) is 4.39 Å². The van der Waals surface area contributed by atoms with Crippen molar-refractivity contribution in [3.63, 3.8) is 0 Å². The van der Waals surface area contributed by atoms with E-state index in [2.05, 4.69) is 24.2 Å². The summed E-state index contributed by atoms with van der Waals surface area (Å²) >= 11 is 0. The Balaban J connectivity index is 3.03. The maximum Gasteiger partial charge on any atom is 0.123 e. The molecule has 0 amide bonds. The summed E-state index contributed by atoms with van der Waals surface area (Å²) in [6, 6.07) is 6.36. The molecule has 0 aliphatic heterocycles. The number of nitrogens with one attached hydrogen (secondary N) is 1. The summed E-state index contributed by atoms with van der Waals surface area (Å²) in [6.07, 6.45) is 0. The van der Waals surface area contributed by atoms with E-state index in [-0.39, 0.29) is 17.4 Å². The van der Waals surface area contributed by atoms with Gasteiger partial charge in [-0.25, -0.2) is 4.39 Å². The second kappa shape index (κ2) is 4.91. The third-order valence-electron chi connectivity index (χ3n) is 3.23. The van der Waals surface area contributed by atoms with Crippen LogP contribution in [0.4, 0.5) is 4.39 Å². The van der Waals surface area contributed by atoms with Gasteiger partial charge in [0.1, 0.15) is 5.82 Å². The van der Waals surface area contributed by atoms with Crippen molar-refractivity contribution in [2.45, 2.75) is 25.4 Å². The van der Waals surface area contributed by atoms with Crippen LogP contribution in [0.5, 0.6) is 0 Å². The first-order chi connectivity index (χ1) is 7.39. The Morgan fingerprint density at radius 3 is 2.12 bits per heavy atom. The minimum Gasteiger partial charge on any atom is -0.302 e. The fourth-order valence-electron chi connectivity index (χ4n) is 1.62. The highest BCUT2D eigenvalue weighted by molar-refractivity contribution is 5.23. The lowest BCUT2D eigenvalue weighted by atomic mass is 9.88.